The maximum Gasteiger partial charge on any atom is 0.307 e. The van der Waals surface area contributed by atoms with Gasteiger partial charge in [-0.25, -0.2) is 0 Å². The minimum Gasteiger partial charge on any atom is -0.481 e. The van der Waals surface area contributed by atoms with Crippen LogP contribution in [0.5, 0.6) is 0 Å². The number of hydrogen-bond acceptors (Lipinski definition) is 7. The van der Waals surface area contributed by atoms with Crippen molar-refractivity contribution < 1.29 is 43.7 Å². The van der Waals surface area contributed by atoms with E-state index in [-0.39, 0.29) is 17.5 Å². The standard InChI is InChI=1S/C72H105NO9/c1-2-3-4-5-6-7-8-9-14-19-24-41-54-64(72(79)80)65(59-66(74)75)71(78)73(55-42-25-20-15-10-12-17-22-27-44-57-81-69(62-50-37-31-38-51-62)67(76)60-46-33-29-34-47-60)56-43-26-21-16-11-13-18-23-28-45-58-82-70(63-52-39-32-40-53-63)68(77)61-48-35-30-36-49-61/h29-40,46-53,64-65,69-70H,2-28,41-45,54-59H2,1H3,(H,74,75)(H,79,80). The second kappa shape index (κ2) is 45.0. The van der Waals surface area contributed by atoms with Crippen molar-refractivity contribution in [1.82, 2.24) is 4.90 Å². The van der Waals surface area contributed by atoms with Gasteiger partial charge in [0.25, 0.3) is 0 Å². The van der Waals surface area contributed by atoms with Gasteiger partial charge in [-0.1, -0.05) is 308 Å². The van der Waals surface area contributed by atoms with Crippen molar-refractivity contribution in [1.29, 1.82) is 0 Å². The third kappa shape index (κ3) is 29.7. The van der Waals surface area contributed by atoms with Gasteiger partial charge in [0.2, 0.25) is 5.91 Å². The van der Waals surface area contributed by atoms with E-state index in [0.717, 1.165) is 159 Å². The summed E-state index contributed by atoms with van der Waals surface area (Å²) >= 11 is 0. The van der Waals surface area contributed by atoms with E-state index in [1.807, 2.05) is 126 Å². The Morgan fingerprint density at radius 3 is 1.01 bits per heavy atom. The van der Waals surface area contributed by atoms with Crippen molar-refractivity contribution in [3.05, 3.63) is 144 Å². The Hall–Kier alpha value is -5.45. The molecule has 0 fully saturated rings. The van der Waals surface area contributed by atoms with Gasteiger partial charge in [-0.2, -0.15) is 0 Å². The first-order valence-corrected chi connectivity index (χ1v) is 32.5. The van der Waals surface area contributed by atoms with Crippen molar-refractivity contribution in [2.45, 2.75) is 237 Å². The number of ether oxygens (including phenoxy) is 2. The molecule has 0 saturated carbocycles. The van der Waals surface area contributed by atoms with Crippen molar-refractivity contribution in [3.63, 3.8) is 0 Å². The normalized spacial score (nSPS) is 12.8. The topological polar surface area (TPSA) is 148 Å². The molecule has 0 aliphatic rings. The summed E-state index contributed by atoms with van der Waals surface area (Å²) in [5.74, 6) is -4.63. The number of aliphatic carboxylic acids is 2. The molecule has 0 aromatic heterocycles. The highest BCUT2D eigenvalue weighted by atomic mass is 16.5. The van der Waals surface area contributed by atoms with Crippen molar-refractivity contribution >= 4 is 29.4 Å². The summed E-state index contributed by atoms with van der Waals surface area (Å²) in [4.78, 5) is 68.0. The number of carboxylic acid groups (broad SMARTS) is 2. The Bertz CT molecular complexity index is 2140. The molecule has 0 aliphatic carbocycles. The lowest BCUT2D eigenvalue weighted by Crippen LogP contribution is -2.43. The fourth-order valence-corrected chi connectivity index (χ4v) is 11.3. The molecule has 2 N–H and O–H groups in total. The Morgan fingerprint density at radius 1 is 0.378 bits per heavy atom. The summed E-state index contributed by atoms with van der Waals surface area (Å²) in [6, 6.07) is 38.2. The molecule has 0 radical (unpaired) electrons. The largest absolute Gasteiger partial charge is 0.481 e. The van der Waals surface area contributed by atoms with Crippen molar-refractivity contribution in [2.75, 3.05) is 26.3 Å². The number of ketones is 2. The molecule has 4 atom stereocenters. The highest BCUT2D eigenvalue weighted by Gasteiger charge is 2.37. The Labute approximate surface area is 495 Å². The first kappa shape index (κ1) is 69.0. The zero-order valence-electron chi connectivity index (χ0n) is 50.4. The lowest BCUT2D eigenvalue weighted by molar-refractivity contribution is -0.154. The zero-order valence-corrected chi connectivity index (χ0v) is 50.4. The van der Waals surface area contributed by atoms with Gasteiger partial charge in [0.05, 0.1) is 18.3 Å². The van der Waals surface area contributed by atoms with Gasteiger partial charge in [-0.3, -0.25) is 24.0 Å². The summed E-state index contributed by atoms with van der Waals surface area (Å²) in [5, 5.41) is 20.5. The molecular weight excluding hydrogens is 1020 g/mol. The van der Waals surface area contributed by atoms with E-state index in [2.05, 4.69) is 6.92 Å². The van der Waals surface area contributed by atoms with Crippen LogP contribution in [0.3, 0.4) is 0 Å². The minimum atomic E-state index is -1.13. The van der Waals surface area contributed by atoms with Crippen LogP contribution in [0.2, 0.25) is 0 Å². The van der Waals surface area contributed by atoms with E-state index >= 15 is 0 Å². The number of carbonyl (C=O) groups excluding carboxylic acids is 3. The Kier molecular flexibility index (Phi) is 37.9. The fourth-order valence-electron chi connectivity index (χ4n) is 11.3. The van der Waals surface area contributed by atoms with Crippen molar-refractivity contribution in [2.24, 2.45) is 11.8 Å². The highest BCUT2D eigenvalue weighted by Crippen LogP contribution is 2.29. The SMILES string of the molecule is CCCCCCCCCCCCCCC(C(=O)O)C(CC(=O)O)C(=O)N(CCCCCCCCCCCCOC(C(=O)c1ccccc1)c1ccccc1)CCCCCCCCCCCCOC(C(=O)c1ccccc1)c1ccccc1. The van der Waals surface area contributed by atoms with E-state index in [1.54, 1.807) is 0 Å². The molecule has 0 saturated heterocycles. The molecule has 0 heterocycles. The smallest absolute Gasteiger partial charge is 0.307 e. The van der Waals surface area contributed by atoms with Gasteiger partial charge in [0.1, 0.15) is 12.2 Å². The van der Waals surface area contributed by atoms with Gasteiger partial charge >= 0.3 is 11.9 Å². The molecule has 0 aliphatic heterocycles. The summed E-state index contributed by atoms with van der Waals surface area (Å²) in [6.07, 6.45) is 33.5. The second-order valence-corrected chi connectivity index (χ2v) is 23.0. The molecule has 0 bridgehead atoms. The van der Waals surface area contributed by atoms with Crippen LogP contribution in [0.4, 0.5) is 0 Å². The average Bonchev–Trinajstić information content (AvgIpc) is 3.66. The van der Waals surface area contributed by atoms with E-state index in [0.29, 0.717) is 50.3 Å². The minimum absolute atomic E-state index is 0.0190. The number of hydrogen-bond donors (Lipinski definition) is 2. The summed E-state index contributed by atoms with van der Waals surface area (Å²) in [5.41, 5.74) is 3.05. The number of rotatable bonds is 52. The van der Waals surface area contributed by atoms with Crippen molar-refractivity contribution in [3.8, 4) is 0 Å². The van der Waals surface area contributed by atoms with Crippen LogP contribution in [-0.2, 0) is 23.9 Å². The molecule has 10 nitrogen and oxygen atoms in total. The van der Waals surface area contributed by atoms with E-state index in [9.17, 15) is 34.2 Å². The molecule has 1 amide bonds. The number of carbonyl (C=O) groups is 5. The monoisotopic (exact) mass is 1130 g/mol. The summed E-state index contributed by atoms with van der Waals surface area (Å²) in [7, 11) is 0. The molecule has 0 spiro atoms. The summed E-state index contributed by atoms with van der Waals surface area (Å²) in [6.45, 7) is 4.34. The van der Waals surface area contributed by atoms with Crippen LogP contribution in [-0.4, -0.2) is 70.8 Å². The van der Waals surface area contributed by atoms with E-state index in [1.165, 1.54) is 51.4 Å². The number of amides is 1. The van der Waals surface area contributed by atoms with Gasteiger partial charge in [0.15, 0.2) is 11.6 Å². The zero-order chi connectivity index (χ0) is 58.5. The van der Waals surface area contributed by atoms with Gasteiger partial charge in [-0.05, 0) is 43.2 Å². The number of Topliss-reactive ketones (excluding diaryl/α,β-unsaturated/α-hetero) is 2. The van der Waals surface area contributed by atoms with Gasteiger partial charge in [-0.15, -0.1) is 0 Å². The van der Waals surface area contributed by atoms with Gasteiger partial charge in [0, 0.05) is 37.4 Å². The molecule has 4 aromatic carbocycles. The maximum absolute atomic E-state index is 14.4. The number of benzene rings is 4. The van der Waals surface area contributed by atoms with Crippen LogP contribution in [0, 0.1) is 11.8 Å². The number of nitrogens with zero attached hydrogens (tertiary/aromatic N) is 1. The maximum atomic E-state index is 14.4. The molecule has 4 unspecified atom stereocenters. The molecule has 82 heavy (non-hydrogen) atoms. The first-order chi connectivity index (χ1) is 40.2. The van der Waals surface area contributed by atoms with E-state index in [4.69, 9.17) is 9.47 Å². The highest BCUT2D eigenvalue weighted by molar-refractivity contribution is 6.00. The van der Waals surface area contributed by atoms with Crippen LogP contribution < -0.4 is 0 Å². The molecule has 10 heteroatoms. The number of unbranched alkanes of at least 4 members (excludes halogenated alkanes) is 29. The molecule has 4 aromatic rings. The number of carboxylic acids is 2. The Morgan fingerprint density at radius 2 is 0.683 bits per heavy atom. The predicted octanol–water partition coefficient (Wildman–Crippen LogP) is 18.8. The lowest BCUT2D eigenvalue weighted by atomic mass is 9.84. The average molecular weight is 1130 g/mol. The van der Waals surface area contributed by atoms with Crippen LogP contribution in [0.15, 0.2) is 121 Å². The molecule has 4 rings (SSSR count). The molecule has 452 valence electrons. The van der Waals surface area contributed by atoms with Crippen LogP contribution >= 0.6 is 0 Å². The van der Waals surface area contributed by atoms with Gasteiger partial charge < -0.3 is 24.6 Å². The quantitative estimate of drug-likeness (QED) is 0.0326. The first-order valence-electron chi connectivity index (χ1n) is 32.5. The predicted molar refractivity (Wildman–Crippen MR) is 333 cm³/mol. The summed E-state index contributed by atoms with van der Waals surface area (Å²) < 4.78 is 12.4. The lowest BCUT2D eigenvalue weighted by Gasteiger charge is -2.30. The van der Waals surface area contributed by atoms with Crippen LogP contribution in [0.25, 0.3) is 0 Å². The van der Waals surface area contributed by atoms with E-state index < -0.39 is 42.4 Å². The fraction of sp³-hybridized carbons (Fsp3) is 0.597. The third-order valence-electron chi connectivity index (χ3n) is 16.2. The van der Waals surface area contributed by atoms with Crippen LogP contribution in [0.1, 0.15) is 269 Å². The Balaban J connectivity index is 1.16. The third-order valence-corrected chi connectivity index (χ3v) is 16.2. The molecular formula is C72H105NO9. The second-order valence-electron chi connectivity index (χ2n) is 23.0.